The van der Waals surface area contributed by atoms with Gasteiger partial charge in [-0.05, 0) is 47.4 Å². The quantitative estimate of drug-likeness (QED) is 0.876. The van der Waals surface area contributed by atoms with Gasteiger partial charge in [0, 0.05) is 12.2 Å². The smallest absolute Gasteiger partial charge is 0.267 e. The van der Waals surface area contributed by atoms with Crippen LogP contribution in [0.25, 0.3) is 11.3 Å². The Morgan fingerprint density at radius 3 is 2.41 bits per heavy atom. The molecule has 0 saturated heterocycles. The van der Waals surface area contributed by atoms with Gasteiger partial charge in [0.25, 0.3) is 5.91 Å². The number of hydrogen-bond acceptors (Lipinski definition) is 1. The third kappa shape index (κ3) is 3.41. The molecule has 1 aliphatic carbocycles. The van der Waals surface area contributed by atoms with E-state index in [1.807, 2.05) is 12.1 Å². The van der Waals surface area contributed by atoms with Gasteiger partial charge in [0.2, 0.25) is 0 Å². The van der Waals surface area contributed by atoms with E-state index in [1.165, 1.54) is 18.4 Å². The van der Waals surface area contributed by atoms with Crippen molar-refractivity contribution in [3.05, 3.63) is 47.7 Å². The molecule has 1 aliphatic rings. The zero-order chi connectivity index (χ0) is 15.7. The van der Waals surface area contributed by atoms with E-state index < -0.39 is 0 Å². The first-order valence-electron chi connectivity index (χ1n) is 8.01. The molecule has 1 saturated carbocycles. The van der Waals surface area contributed by atoms with Crippen LogP contribution < -0.4 is 5.32 Å². The van der Waals surface area contributed by atoms with Gasteiger partial charge in [0.1, 0.15) is 5.69 Å². The largest absolute Gasteiger partial charge is 0.351 e. The topological polar surface area (TPSA) is 44.9 Å². The monoisotopic (exact) mass is 296 g/mol. The molecule has 0 spiro atoms. The number of aromatic nitrogens is 1. The summed E-state index contributed by atoms with van der Waals surface area (Å²) in [5.41, 5.74) is 4.19. The summed E-state index contributed by atoms with van der Waals surface area (Å²) < 4.78 is 0. The van der Waals surface area contributed by atoms with E-state index in [2.05, 4.69) is 55.3 Å². The summed E-state index contributed by atoms with van der Waals surface area (Å²) in [5, 5.41) is 2.98. The summed E-state index contributed by atoms with van der Waals surface area (Å²) >= 11 is 0. The minimum atomic E-state index is -0.00976. The van der Waals surface area contributed by atoms with Crippen LogP contribution in [0.15, 0.2) is 36.4 Å². The molecule has 2 aromatic rings. The van der Waals surface area contributed by atoms with E-state index >= 15 is 0 Å². The summed E-state index contributed by atoms with van der Waals surface area (Å²) in [7, 11) is 0. The summed E-state index contributed by atoms with van der Waals surface area (Å²) in [6.45, 7) is 7.42. The van der Waals surface area contributed by atoms with Gasteiger partial charge in [-0.2, -0.15) is 0 Å². The number of rotatable bonds is 4. The van der Waals surface area contributed by atoms with Gasteiger partial charge < -0.3 is 10.3 Å². The molecule has 22 heavy (non-hydrogen) atoms. The molecule has 3 heteroatoms. The van der Waals surface area contributed by atoms with E-state index in [-0.39, 0.29) is 11.3 Å². The van der Waals surface area contributed by atoms with Crippen LogP contribution in [0, 0.1) is 5.92 Å². The van der Waals surface area contributed by atoms with Crippen LogP contribution in [0.2, 0.25) is 0 Å². The fourth-order valence-corrected chi connectivity index (χ4v) is 2.50. The minimum absolute atomic E-state index is 0.00976. The number of aromatic amines is 1. The lowest BCUT2D eigenvalue weighted by Crippen LogP contribution is -2.25. The molecular weight excluding hydrogens is 272 g/mol. The Morgan fingerprint density at radius 2 is 1.82 bits per heavy atom. The molecule has 1 aromatic carbocycles. The summed E-state index contributed by atoms with van der Waals surface area (Å²) in [5.74, 6) is 0.688. The van der Waals surface area contributed by atoms with Gasteiger partial charge in [-0.3, -0.25) is 4.79 Å². The van der Waals surface area contributed by atoms with Crippen molar-refractivity contribution in [1.82, 2.24) is 10.3 Å². The Labute approximate surface area is 132 Å². The van der Waals surface area contributed by atoms with E-state index in [1.54, 1.807) is 0 Å². The fraction of sp³-hybridized carbons (Fsp3) is 0.421. The summed E-state index contributed by atoms with van der Waals surface area (Å²) in [4.78, 5) is 15.3. The van der Waals surface area contributed by atoms with Crippen molar-refractivity contribution in [3.8, 4) is 11.3 Å². The zero-order valence-corrected chi connectivity index (χ0v) is 13.6. The number of benzene rings is 1. The highest BCUT2D eigenvalue weighted by molar-refractivity contribution is 5.93. The maximum Gasteiger partial charge on any atom is 0.267 e. The second-order valence-electron chi connectivity index (χ2n) is 7.27. The standard InChI is InChI=1S/C19H24N2O/c1-19(2,3)15-8-6-14(7-9-15)16-10-11-17(21-16)18(22)20-12-13-4-5-13/h6-11,13,21H,4-5,12H2,1-3H3,(H,20,22). The van der Waals surface area contributed by atoms with Crippen molar-refractivity contribution in [1.29, 1.82) is 0 Å². The molecule has 3 nitrogen and oxygen atoms in total. The predicted molar refractivity (Wildman–Crippen MR) is 90.0 cm³/mol. The number of carbonyl (C=O) groups is 1. The molecule has 1 fully saturated rings. The maximum absolute atomic E-state index is 12.1. The summed E-state index contributed by atoms with van der Waals surface area (Å²) in [6, 6.07) is 12.4. The fourth-order valence-electron chi connectivity index (χ4n) is 2.50. The van der Waals surface area contributed by atoms with Crippen LogP contribution in [0.3, 0.4) is 0 Å². The minimum Gasteiger partial charge on any atom is -0.351 e. The molecular formula is C19H24N2O. The van der Waals surface area contributed by atoms with Crippen molar-refractivity contribution in [2.24, 2.45) is 5.92 Å². The molecule has 1 amide bonds. The van der Waals surface area contributed by atoms with Crippen molar-refractivity contribution >= 4 is 5.91 Å². The van der Waals surface area contributed by atoms with E-state index in [9.17, 15) is 4.79 Å². The molecule has 3 rings (SSSR count). The molecule has 1 aromatic heterocycles. The summed E-state index contributed by atoms with van der Waals surface area (Å²) in [6.07, 6.45) is 2.49. The highest BCUT2D eigenvalue weighted by Gasteiger charge is 2.22. The Morgan fingerprint density at radius 1 is 1.14 bits per heavy atom. The van der Waals surface area contributed by atoms with Gasteiger partial charge >= 0.3 is 0 Å². The lowest BCUT2D eigenvalue weighted by Gasteiger charge is -2.19. The Kier molecular flexibility index (Phi) is 3.81. The van der Waals surface area contributed by atoms with E-state index in [4.69, 9.17) is 0 Å². The second-order valence-corrected chi connectivity index (χ2v) is 7.27. The molecule has 0 atom stereocenters. The number of amides is 1. The first kappa shape index (κ1) is 14.9. The van der Waals surface area contributed by atoms with Crippen molar-refractivity contribution in [3.63, 3.8) is 0 Å². The Hall–Kier alpha value is -2.03. The molecule has 116 valence electrons. The molecule has 0 aliphatic heterocycles. The van der Waals surface area contributed by atoms with Gasteiger partial charge in [-0.15, -0.1) is 0 Å². The SMILES string of the molecule is CC(C)(C)c1ccc(-c2ccc(C(=O)NCC3CC3)[nH]2)cc1. The average molecular weight is 296 g/mol. The maximum atomic E-state index is 12.1. The molecule has 0 bridgehead atoms. The van der Waals surface area contributed by atoms with Gasteiger partial charge in [0.05, 0.1) is 0 Å². The van der Waals surface area contributed by atoms with Crippen LogP contribution >= 0.6 is 0 Å². The molecule has 0 unspecified atom stereocenters. The second kappa shape index (κ2) is 5.64. The van der Waals surface area contributed by atoms with Gasteiger partial charge in [-0.25, -0.2) is 0 Å². The normalized spacial score (nSPS) is 14.9. The van der Waals surface area contributed by atoms with Crippen molar-refractivity contribution in [2.45, 2.75) is 39.0 Å². The lowest BCUT2D eigenvalue weighted by molar-refractivity contribution is 0.0947. The van der Waals surface area contributed by atoms with Crippen LogP contribution in [0.5, 0.6) is 0 Å². The van der Waals surface area contributed by atoms with Crippen LogP contribution in [-0.2, 0) is 5.41 Å². The number of nitrogens with one attached hydrogen (secondary N) is 2. The average Bonchev–Trinajstić information content (AvgIpc) is 3.18. The lowest BCUT2D eigenvalue weighted by atomic mass is 9.86. The van der Waals surface area contributed by atoms with E-state index in [0.29, 0.717) is 11.6 Å². The molecule has 0 radical (unpaired) electrons. The van der Waals surface area contributed by atoms with Crippen molar-refractivity contribution < 1.29 is 4.79 Å². The Balaban J connectivity index is 1.71. The van der Waals surface area contributed by atoms with Gasteiger partial charge in [-0.1, -0.05) is 45.0 Å². The number of hydrogen-bond donors (Lipinski definition) is 2. The van der Waals surface area contributed by atoms with E-state index in [0.717, 1.165) is 17.8 Å². The molecule has 1 heterocycles. The van der Waals surface area contributed by atoms with Crippen LogP contribution in [0.4, 0.5) is 0 Å². The highest BCUT2D eigenvalue weighted by atomic mass is 16.1. The van der Waals surface area contributed by atoms with Crippen LogP contribution in [0.1, 0.15) is 49.7 Å². The predicted octanol–water partition coefficient (Wildman–Crippen LogP) is 4.12. The molecule has 2 N–H and O–H groups in total. The van der Waals surface area contributed by atoms with Crippen LogP contribution in [-0.4, -0.2) is 17.4 Å². The zero-order valence-electron chi connectivity index (χ0n) is 13.6. The number of carbonyl (C=O) groups excluding carboxylic acids is 1. The Bertz CT molecular complexity index is 657. The van der Waals surface area contributed by atoms with Gasteiger partial charge in [0.15, 0.2) is 0 Å². The first-order valence-corrected chi connectivity index (χ1v) is 8.01. The number of H-pyrrole nitrogens is 1. The highest BCUT2D eigenvalue weighted by Crippen LogP contribution is 2.28. The third-order valence-corrected chi connectivity index (χ3v) is 4.24. The van der Waals surface area contributed by atoms with Crippen molar-refractivity contribution in [2.75, 3.05) is 6.54 Å². The third-order valence-electron chi connectivity index (χ3n) is 4.24. The first-order chi connectivity index (χ1) is 10.4.